The average Bonchev–Trinajstić information content (AvgIpc) is 3.33. The number of methoxy groups -OCH3 is 1. The summed E-state index contributed by atoms with van der Waals surface area (Å²) in [5.41, 5.74) is 14.1. The average molecular weight is 527 g/mol. The minimum absolute atomic E-state index is 0.161. The number of fused-ring (bicyclic) bond motifs is 2. The number of nitrogens with one attached hydrogen (secondary N) is 1. The Morgan fingerprint density at radius 1 is 1.05 bits per heavy atom. The van der Waals surface area contributed by atoms with Gasteiger partial charge in [-0.1, -0.05) is 36.4 Å². The molecule has 0 bridgehead atoms. The van der Waals surface area contributed by atoms with Crippen molar-refractivity contribution in [3.05, 3.63) is 71.8 Å². The lowest BCUT2D eigenvalue weighted by atomic mass is 9.80. The standard InChI is InChI=1S/C26H26BN7O5/c1-38-26-32-21-17(23(29)35)7-3-9-19(21)34(26)25-31-22-18(8-4-10-20(22)39-12-11-28)24(33-25)30-14-15-5-2-6-16(13-15)27(36)37/h2-10,13,36-37H,11-12,14,28H2,1H3,(H2,29,35)(H,30,31,33). The van der Waals surface area contributed by atoms with Crippen LogP contribution in [0.5, 0.6) is 11.8 Å². The lowest BCUT2D eigenvalue weighted by Crippen LogP contribution is -2.30. The van der Waals surface area contributed by atoms with E-state index in [0.717, 1.165) is 5.56 Å². The molecule has 13 heteroatoms. The summed E-state index contributed by atoms with van der Waals surface area (Å²) in [7, 11) is -0.119. The highest BCUT2D eigenvalue weighted by molar-refractivity contribution is 6.58. The van der Waals surface area contributed by atoms with Gasteiger partial charge in [-0.05, 0) is 35.3 Å². The molecule has 5 rings (SSSR count). The van der Waals surface area contributed by atoms with Gasteiger partial charge in [0.25, 0.3) is 5.91 Å². The molecule has 2 heterocycles. The number of benzene rings is 3. The van der Waals surface area contributed by atoms with E-state index in [9.17, 15) is 14.8 Å². The highest BCUT2D eigenvalue weighted by Gasteiger charge is 2.22. The number of amides is 1. The van der Waals surface area contributed by atoms with Crippen LogP contribution in [0.25, 0.3) is 27.9 Å². The number of carbonyl (C=O) groups is 1. The van der Waals surface area contributed by atoms with Crippen LogP contribution in [0, 0.1) is 0 Å². The molecule has 0 radical (unpaired) electrons. The molecule has 0 spiro atoms. The second-order valence-electron chi connectivity index (χ2n) is 8.61. The van der Waals surface area contributed by atoms with Crippen molar-refractivity contribution in [2.45, 2.75) is 6.54 Å². The van der Waals surface area contributed by atoms with E-state index in [0.29, 0.717) is 52.1 Å². The summed E-state index contributed by atoms with van der Waals surface area (Å²) >= 11 is 0. The van der Waals surface area contributed by atoms with Crippen molar-refractivity contribution in [3.8, 4) is 17.7 Å². The first-order chi connectivity index (χ1) is 18.9. The minimum atomic E-state index is -1.58. The fourth-order valence-electron chi connectivity index (χ4n) is 4.29. The molecule has 0 aliphatic heterocycles. The van der Waals surface area contributed by atoms with Crippen molar-refractivity contribution in [2.24, 2.45) is 11.5 Å². The van der Waals surface area contributed by atoms with E-state index in [2.05, 4.69) is 10.3 Å². The number of carbonyl (C=O) groups excluding carboxylic acids is 1. The van der Waals surface area contributed by atoms with Crippen molar-refractivity contribution < 1.29 is 24.3 Å². The third-order valence-electron chi connectivity index (χ3n) is 6.06. The van der Waals surface area contributed by atoms with E-state index in [1.165, 1.54) is 7.11 Å². The first-order valence-corrected chi connectivity index (χ1v) is 12.1. The molecule has 3 aromatic carbocycles. The molecule has 5 aromatic rings. The molecule has 198 valence electrons. The number of ether oxygens (including phenoxy) is 2. The second kappa shape index (κ2) is 11.0. The van der Waals surface area contributed by atoms with Crippen molar-refractivity contribution >= 4 is 46.2 Å². The lowest BCUT2D eigenvalue weighted by molar-refractivity contribution is 0.100. The van der Waals surface area contributed by atoms with Crippen LogP contribution in [0.4, 0.5) is 5.82 Å². The molecule has 0 atom stereocenters. The maximum atomic E-state index is 12.1. The van der Waals surface area contributed by atoms with Crippen LogP contribution < -0.4 is 31.7 Å². The quantitative estimate of drug-likeness (QED) is 0.162. The Kier molecular flexibility index (Phi) is 7.28. The normalized spacial score (nSPS) is 11.1. The second-order valence-corrected chi connectivity index (χ2v) is 8.61. The van der Waals surface area contributed by atoms with Gasteiger partial charge in [0, 0.05) is 18.5 Å². The van der Waals surface area contributed by atoms with Gasteiger partial charge in [0.1, 0.15) is 29.2 Å². The molecule has 0 aliphatic carbocycles. The van der Waals surface area contributed by atoms with Gasteiger partial charge in [-0.2, -0.15) is 9.97 Å². The van der Waals surface area contributed by atoms with E-state index in [-0.39, 0.29) is 24.1 Å². The van der Waals surface area contributed by atoms with Gasteiger partial charge < -0.3 is 36.3 Å². The van der Waals surface area contributed by atoms with Gasteiger partial charge in [-0.25, -0.2) is 9.55 Å². The molecule has 39 heavy (non-hydrogen) atoms. The minimum Gasteiger partial charge on any atom is -0.490 e. The summed E-state index contributed by atoms with van der Waals surface area (Å²) in [4.78, 5) is 26.1. The zero-order valence-corrected chi connectivity index (χ0v) is 21.0. The maximum absolute atomic E-state index is 12.1. The number of nitrogens with zero attached hydrogens (tertiary/aromatic N) is 4. The van der Waals surface area contributed by atoms with E-state index in [4.69, 9.17) is 30.9 Å². The topological polar surface area (TPSA) is 184 Å². The van der Waals surface area contributed by atoms with E-state index in [1.807, 2.05) is 18.2 Å². The molecule has 0 saturated carbocycles. The molecule has 0 saturated heterocycles. The number of nitrogens with two attached hydrogens (primary N) is 2. The Balaban J connectivity index is 1.68. The lowest BCUT2D eigenvalue weighted by Gasteiger charge is -2.15. The molecule has 12 nitrogen and oxygen atoms in total. The summed E-state index contributed by atoms with van der Waals surface area (Å²) in [5, 5.41) is 23.1. The molecule has 7 N–H and O–H groups in total. The van der Waals surface area contributed by atoms with Crippen LogP contribution in [0.3, 0.4) is 0 Å². The zero-order valence-electron chi connectivity index (χ0n) is 21.0. The van der Waals surface area contributed by atoms with Crippen LogP contribution in [0.15, 0.2) is 60.7 Å². The van der Waals surface area contributed by atoms with Crippen molar-refractivity contribution in [1.82, 2.24) is 19.5 Å². The van der Waals surface area contributed by atoms with E-state index in [1.54, 1.807) is 47.0 Å². The zero-order chi connectivity index (χ0) is 27.5. The van der Waals surface area contributed by atoms with E-state index >= 15 is 0 Å². The molecule has 1 amide bonds. The number of aromatic nitrogens is 4. The molecular formula is C26H26BN7O5. The van der Waals surface area contributed by atoms with Gasteiger partial charge in [0.15, 0.2) is 0 Å². The molecule has 0 aliphatic rings. The van der Waals surface area contributed by atoms with Gasteiger partial charge >= 0.3 is 13.1 Å². The summed E-state index contributed by atoms with van der Waals surface area (Å²) < 4.78 is 13.0. The number of hydrogen-bond acceptors (Lipinski definition) is 10. The Hall–Kier alpha value is -4.72. The first-order valence-electron chi connectivity index (χ1n) is 12.1. The molecule has 0 unspecified atom stereocenters. The smallest absolute Gasteiger partial charge is 0.488 e. The number of hydrogen-bond donors (Lipinski definition) is 5. The highest BCUT2D eigenvalue weighted by Crippen LogP contribution is 2.33. The Bertz CT molecular complexity index is 1670. The van der Waals surface area contributed by atoms with Crippen LogP contribution in [0.1, 0.15) is 15.9 Å². The fraction of sp³-hybridized carbons (Fsp3) is 0.154. The SMILES string of the molecule is COc1nc2c(C(N)=O)cccc2n1-c1nc(NCc2cccc(B(O)O)c2)c2cccc(OCCN)c2n1. The fourth-order valence-corrected chi connectivity index (χ4v) is 4.29. The maximum Gasteiger partial charge on any atom is 0.488 e. The van der Waals surface area contributed by atoms with E-state index < -0.39 is 13.0 Å². The number of anilines is 1. The van der Waals surface area contributed by atoms with Gasteiger partial charge in [-0.3, -0.25) is 4.79 Å². The summed E-state index contributed by atoms with van der Waals surface area (Å²) in [6.45, 7) is 0.937. The van der Waals surface area contributed by atoms with Crippen LogP contribution in [-0.2, 0) is 6.54 Å². The highest BCUT2D eigenvalue weighted by atomic mass is 16.5. The monoisotopic (exact) mass is 527 g/mol. The number of imidazole rings is 1. The third-order valence-corrected chi connectivity index (χ3v) is 6.06. The number of para-hydroxylation sites is 2. The predicted octanol–water partition coefficient (Wildman–Crippen LogP) is 0.706. The summed E-state index contributed by atoms with van der Waals surface area (Å²) in [6, 6.07) is 17.6. The van der Waals surface area contributed by atoms with Crippen LogP contribution >= 0.6 is 0 Å². The Labute approximate surface area is 223 Å². The van der Waals surface area contributed by atoms with Crippen LogP contribution in [0.2, 0.25) is 0 Å². The van der Waals surface area contributed by atoms with Crippen LogP contribution in [-0.4, -0.2) is 62.9 Å². The molecule has 0 fully saturated rings. The molecule has 2 aromatic heterocycles. The summed E-state index contributed by atoms with van der Waals surface area (Å²) in [5.74, 6) is 0.589. The van der Waals surface area contributed by atoms with Gasteiger partial charge in [-0.15, -0.1) is 0 Å². The number of primary amides is 1. The Morgan fingerprint density at radius 2 is 1.85 bits per heavy atom. The Morgan fingerprint density at radius 3 is 2.59 bits per heavy atom. The van der Waals surface area contributed by atoms with Gasteiger partial charge in [0.2, 0.25) is 5.95 Å². The number of rotatable bonds is 10. The molecular weight excluding hydrogens is 501 g/mol. The van der Waals surface area contributed by atoms with Crippen molar-refractivity contribution in [3.63, 3.8) is 0 Å². The van der Waals surface area contributed by atoms with Crippen molar-refractivity contribution in [2.75, 3.05) is 25.6 Å². The largest absolute Gasteiger partial charge is 0.490 e. The van der Waals surface area contributed by atoms with Crippen molar-refractivity contribution in [1.29, 1.82) is 0 Å². The predicted molar refractivity (Wildman–Crippen MR) is 147 cm³/mol. The van der Waals surface area contributed by atoms with Gasteiger partial charge in [0.05, 0.1) is 18.2 Å². The summed E-state index contributed by atoms with van der Waals surface area (Å²) in [6.07, 6.45) is 0. The third kappa shape index (κ3) is 5.05. The first kappa shape index (κ1) is 25.9.